The first-order valence-corrected chi connectivity index (χ1v) is 6.78. The number of nitrogens with one attached hydrogen (secondary N) is 1. The molecule has 0 aliphatic heterocycles. The van der Waals surface area contributed by atoms with Gasteiger partial charge in [0.05, 0.1) is 0 Å². The summed E-state index contributed by atoms with van der Waals surface area (Å²) in [6, 6.07) is 5.82. The Labute approximate surface area is 108 Å². The van der Waals surface area contributed by atoms with Gasteiger partial charge in [0.2, 0.25) is 0 Å². The second-order valence-electron chi connectivity index (χ2n) is 5.36. The molecule has 100 valence electrons. The summed E-state index contributed by atoms with van der Waals surface area (Å²) in [6.45, 7) is 2.92. The summed E-state index contributed by atoms with van der Waals surface area (Å²) in [5, 5.41) is 12.6. The molecule has 0 unspecified atom stereocenters. The molecule has 0 amide bonds. The first-order valence-electron chi connectivity index (χ1n) is 6.78. The second-order valence-corrected chi connectivity index (χ2v) is 5.36. The summed E-state index contributed by atoms with van der Waals surface area (Å²) in [4.78, 5) is 0. The van der Waals surface area contributed by atoms with Gasteiger partial charge in [0.1, 0.15) is 5.82 Å². The number of hydrogen-bond acceptors (Lipinski definition) is 2. The van der Waals surface area contributed by atoms with Crippen molar-refractivity contribution < 1.29 is 9.50 Å². The first kappa shape index (κ1) is 13.5. The van der Waals surface area contributed by atoms with Gasteiger partial charge in [0.25, 0.3) is 0 Å². The summed E-state index contributed by atoms with van der Waals surface area (Å²) in [6.07, 6.45) is 4.48. The Bertz CT molecular complexity index is 386. The molecule has 3 heteroatoms. The first-order chi connectivity index (χ1) is 8.69. The van der Waals surface area contributed by atoms with Gasteiger partial charge in [-0.2, -0.15) is 0 Å². The van der Waals surface area contributed by atoms with Crippen LogP contribution in [0.25, 0.3) is 0 Å². The molecule has 0 radical (unpaired) electrons. The maximum atomic E-state index is 13.1. The lowest BCUT2D eigenvalue weighted by Crippen LogP contribution is -2.33. The highest BCUT2D eigenvalue weighted by Gasteiger charge is 2.19. The quantitative estimate of drug-likeness (QED) is 0.862. The lowest BCUT2D eigenvalue weighted by atomic mass is 9.86. The molecule has 0 aromatic heterocycles. The molecule has 1 fully saturated rings. The molecular weight excluding hydrogens is 229 g/mol. The van der Waals surface area contributed by atoms with Crippen LogP contribution in [0.2, 0.25) is 0 Å². The van der Waals surface area contributed by atoms with E-state index in [2.05, 4.69) is 5.32 Å². The average Bonchev–Trinajstić information content (AvgIpc) is 2.41. The van der Waals surface area contributed by atoms with Crippen LogP contribution >= 0.6 is 0 Å². The van der Waals surface area contributed by atoms with Gasteiger partial charge in [-0.1, -0.05) is 12.1 Å². The van der Waals surface area contributed by atoms with E-state index in [0.717, 1.165) is 37.8 Å². The van der Waals surface area contributed by atoms with Crippen molar-refractivity contribution in [2.75, 3.05) is 6.61 Å². The van der Waals surface area contributed by atoms with E-state index >= 15 is 0 Å². The highest BCUT2D eigenvalue weighted by atomic mass is 19.1. The van der Waals surface area contributed by atoms with Gasteiger partial charge in [0, 0.05) is 19.2 Å². The van der Waals surface area contributed by atoms with Crippen LogP contribution in [0.1, 0.15) is 36.8 Å². The number of aliphatic hydroxyl groups excluding tert-OH is 1. The standard InChI is InChI=1S/C15H22FNO/c1-11-8-13(4-7-15(11)16)9-17-14-5-2-12(10-18)3-6-14/h4,7-8,12,14,17-18H,2-3,5-6,9-10H2,1H3. The molecule has 18 heavy (non-hydrogen) atoms. The molecule has 1 aromatic carbocycles. The molecule has 0 spiro atoms. The van der Waals surface area contributed by atoms with Gasteiger partial charge < -0.3 is 10.4 Å². The molecule has 1 saturated carbocycles. The lowest BCUT2D eigenvalue weighted by molar-refractivity contribution is 0.175. The van der Waals surface area contributed by atoms with Crippen LogP contribution in [0.4, 0.5) is 4.39 Å². The van der Waals surface area contributed by atoms with Gasteiger partial charge in [-0.25, -0.2) is 4.39 Å². The Morgan fingerprint density at radius 3 is 2.61 bits per heavy atom. The molecule has 0 bridgehead atoms. The SMILES string of the molecule is Cc1cc(CNC2CCC(CO)CC2)ccc1F. The molecule has 1 aromatic rings. The maximum absolute atomic E-state index is 13.1. The molecule has 0 saturated heterocycles. The zero-order valence-corrected chi connectivity index (χ0v) is 11.0. The fraction of sp³-hybridized carbons (Fsp3) is 0.600. The van der Waals surface area contributed by atoms with Crippen molar-refractivity contribution in [3.63, 3.8) is 0 Å². The van der Waals surface area contributed by atoms with Gasteiger partial charge in [-0.3, -0.25) is 0 Å². The summed E-state index contributed by atoms with van der Waals surface area (Å²) < 4.78 is 13.1. The largest absolute Gasteiger partial charge is 0.396 e. The van der Waals surface area contributed by atoms with Crippen molar-refractivity contribution >= 4 is 0 Å². The van der Waals surface area contributed by atoms with Crippen LogP contribution in [-0.4, -0.2) is 17.8 Å². The van der Waals surface area contributed by atoms with Crippen LogP contribution in [-0.2, 0) is 6.54 Å². The second kappa shape index (κ2) is 6.30. The van der Waals surface area contributed by atoms with Crippen molar-refractivity contribution in [1.82, 2.24) is 5.32 Å². The van der Waals surface area contributed by atoms with Crippen molar-refractivity contribution in [2.45, 2.75) is 45.2 Å². The summed E-state index contributed by atoms with van der Waals surface area (Å²) >= 11 is 0. The Morgan fingerprint density at radius 2 is 2.00 bits per heavy atom. The van der Waals surface area contributed by atoms with Crippen LogP contribution in [0.15, 0.2) is 18.2 Å². The summed E-state index contributed by atoms with van der Waals surface area (Å²) in [7, 11) is 0. The number of aryl methyl sites for hydroxylation is 1. The van der Waals surface area contributed by atoms with Crippen LogP contribution < -0.4 is 5.32 Å². The van der Waals surface area contributed by atoms with Crippen molar-refractivity contribution in [1.29, 1.82) is 0 Å². The van der Waals surface area contributed by atoms with Crippen LogP contribution in [0.5, 0.6) is 0 Å². The third-order valence-corrected chi connectivity index (χ3v) is 3.92. The molecule has 0 atom stereocenters. The minimum atomic E-state index is -0.137. The van der Waals surface area contributed by atoms with E-state index in [0.29, 0.717) is 24.1 Å². The normalized spacial score (nSPS) is 24.2. The predicted octanol–water partition coefficient (Wildman–Crippen LogP) is 2.77. The van der Waals surface area contributed by atoms with Crippen molar-refractivity contribution in [3.05, 3.63) is 35.1 Å². The maximum Gasteiger partial charge on any atom is 0.126 e. The number of halogens is 1. The van der Waals surface area contributed by atoms with Gasteiger partial charge in [-0.05, 0) is 55.7 Å². The Hall–Kier alpha value is -0.930. The molecule has 1 aliphatic rings. The molecule has 2 rings (SSSR count). The smallest absolute Gasteiger partial charge is 0.126 e. The number of aliphatic hydroxyl groups is 1. The van der Waals surface area contributed by atoms with E-state index in [9.17, 15) is 4.39 Å². The monoisotopic (exact) mass is 251 g/mol. The molecule has 2 nitrogen and oxygen atoms in total. The minimum Gasteiger partial charge on any atom is -0.396 e. The van der Waals surface area contributed by atoms with Crippen molar-refractivity contribution in [3.8, 4) is 0 Å². The Balaban J connectivity index is 1.79. The zero-order valence-electron chi connectivity index (χ0n) is 11.0. The molecule has 0 heterocycles. The van der Waals surface area contributed by atoms with Crippen LogP contribution in [0.3, 0.4) is 0 Å². The average molecular weight is 251 g/mol. The fourth-order valence-corrected chi connectivity index (χ4v) is 2.63. The van der Waals surface area contributed by atoms with Gasteiger partial charge >= 0.3 is 0 Å². The summed E-state index contributed by atoms with van der Waals surface area (Å²) in [5.41, 5.74) is 1.84. The number of benzene rings is 1. The fourth-order valence-electron chi connectivity index (χ4n) is 2.63. The molecular formula is C15H22FNO. The third-order valence-electron chi connectivity index (χ3n) is 3.92. The topological polar surface area (TPSA) is 32.3 Å². The third kappa shape index (κ3) is 3.53. The summed E-state index contributed by atoms with van der Waals surface area (Å²) in [5.74, 6) is 0.360. The molecule has 1 aliphatic carbocycles. The highest BCUT2D eigenvalue weighted by Crippen LogP contribution is 2.24. The number of hydrogen-bond donors (Lipinski definition) is 2. The Morgan fingerprint density at radius 1 is 1.28 bits per heavy atom. The highest BCUT2D eigenvalue weighted by molar-refractivity contribution is 5.23. The van der Waals surface area contributed by atoms with Crippen LogP contribution in [0, 0.1) is 18.7 Å². The zero-order chi connectivity index (χ0) is 13.0. The lowest BCUT2D eigenvalue weighted by Gasteiger charge is -2.28. The van der Waals surface area contributed by atoms with Crippen molar-refractivity contribution in [2.24, 2.45) is 5.92 Å². The number of rotatable bonds is 4. The van der Waals surface area contributed by atoms with E-state index in [-0.39, 0.29) is 5.82 Å². The van der Waals surface area contributed by atoms with Gasteiger partial charge in [-0.15, -0.1) is 0 Å². The van der Waals surface area contributed by atoms with Gasteiger partial charge in [0.15, 0.2) is 0 Å². The van der Waals surface area contributed by atoms with E-state index < -0.39 is 0 Å². The van der Waals surface area contributed by atoms with E-state index in [1.165, 1.54) is 6.07 Å². The van der Waals surface area contributed by atoms with E-state index in [4.69, 9.17) is 5.11 Å². The minimum absolute atomic E-state index is 0.137. The van der Waals surface area contributed by atoms with E-state index in [1.807, 2.05) is 12.1 Å². The predicted molar refractivity (Wildman–Crippen MR) is 70.8 cm³/mol. The van der Waals surface area contributed by atoms with E-state index in [1.54, 1.807) is 6.92 Å². The molecule has 2 N–H and O–H groups in total. The Kier molecular flexibility index (Phi) is 4.72.